The van der Waals surface area contributed by atoms with E-state index in [0.717, 1.165) is 25.9 Å². The molecule has 6 heteroatoms. The predicted octanol–water partition coefficient (Wildman–Crippen LogP) is 1.33. The number of hydrogen-bond acceptors (Lipinski definition) is 4. The van der Waals surface area contributed by atoms with Crippen LogP contribution in [-0.2, 0) is 4.74 Å². The zero-order valence-electron chi connectivity index (χ0n) is 13.2. The highest BCUT2D eigenvalue weighted by atomic mass is 16.5. The van der Waals surface area contributed by atoms with Crippen LogP contribution in [-0.4, -0.2) is 55.0 Å². The van der Waals surface area contributed by atoms with Gasteiger partial charge in [-0.3, -0.25) is 14.6 Å². The van der Waals surface area contributed by atoms with Crippen molar-refractivity contribution in [3.05, 3.63) is 29.6 Å². The van der Waals surface area contributed by atoms with Crippen molar-refractivity contribution in [2.45, 2.75) is 19.8 Å². The van der Waals surface area contributed by atoms with Gasteiger partial charge < -0.3 is 15.0 Å². The summed E-state index contributed by atoms with van der Waals surface area (Å²) in [5.74, 6) is 0.350. The van der Waals surface area contributed by atoms with E-state index in [-0.39, 0.29) is 17.5 Å². The van der Waals surface area contributed by atoms with Crippen molar-refractivity contribution in [1.82, 2.24) is 15.2 Å². The number of nitrogens with one attached hydrogen (secondary N) is 1. The quantitative estimate of drug-likeness (QED) is 0.833. The van der Waals surface area contributed by atoms with Gasteiger partial charge in [0.05, 0.1) is 6.61 Å². The standard InChI is InChI=1S/C16H23N3O3/c1-12-4-8-19(9-5-12)16(21)13-3-6-17-14(11-13)15(20)18-7-10-22-2/h3,6,11-12H,4-5,7-10H2,1-2H3,(H,18,20). The summed E-state index contributed by atoms with van der Waals surface area (Å²) in [6.07, 6.45) is 3.56. The number of pyridine rings is 1. The van der Waals surface area contributed by atoms with Gasteiger partial charge in [-0.1, -0.05) is 6.92 Å². The molecule has 1 aromatic heterocycles. The van der Waals surface area contributed by atoms with E-state index >= 15 is 0 Å². The van der Waals surface area contributed by atoms with E-state index in [1.54, 1.807) is 19.2 Å². The fourth-order valence-corrected chi connectivity index (χ4v) is 2.44. The molecule has 0 unspecified atom stereocenters. The molecule has 1 fully saturated rings. The third kappa shape index (κ3) is 4.27. The van der Waals surface area contributed by atoms with Crippen molar-refractivity contribution < 1.29 is 14.3 Å². The molecular formula is C16H23N3O3. The molecule has 1 aliphatic heterocycles. The van der Waals surface area contributed by atoms with Gasteiger partial charge in [-0.2, -0.15) is 0 Å². The lowest BCUT2D eigenvalue weighted by Crippen LogP contribution is -2.38. The molecule has 120 valence electrons. The van der Waals surface area contributed by atoms with Gasteiger partial charge in [0.2, 0.25) is 0 Å². The molecule has 1 aliphatic rings. The summed E-state index contributed by atoms with van der Waals surface area (Å²) in [5, 5.41) is 2.70. The highest BCUT2D eigenvalue weighted by molar-refractivity contribution is 5.98. The number of aromatic nitrogens is 1. The summed E-state index contributed by atoms with van der Waals surface area (Å²) < 4.78 is 4.88. The number of ether oxygens (including phenoxy) is 1. The number of carbonyl (C=O) groups is 2. The highest BCUT2D eigenvalue weighted by Gasteiger charge is 2.22. The molecule has 0 aromatic carbocycles. The van der Waals surface area contributed by atoms with Crippen molar-refractivity contribution in [3.63, 3.8) is 0 Å². The molecule has 2 rings (SSSR count). The maximum atomic E-state index is 12.5. The lowest BCUT2D eigenvalue weighted by molar-refractivity contribution is 0.0697. The van der Waals surface area contributed by atoms with E-state index in [1.165, 1.54) is 6.20 Å². The molecule has 0 atom stereocenters. The maximum absolute atomic E-state index is 12.5. The van der Waals surface area contributed by atoms with Gasteiger partial charge in [0.15, 0.2) is 0 Å². The van der Waals surface area contributed by atoms with Crippen molar-refractivity contribution in [1.29, 1.82) is 0 Å². The Bertz CT molecular complexity index is 525. The number of hydrogen-bond donors (Lipinski definition) is 1. The third-order valence-electron chi connectivity index (χ3n) is 3.90. The van der Waals surface area contributed by atoms with Crippen LogP contribution in [0.2, 0.25) is 0 Å². The normalized spacial score (nSPS) is 15.6. The van der Waals surface area contributed by atoms with Gasteiger partial charge in [0.25, 0.3) is 11.8 Å². The van der Waals surface area contributed by atoms with Crippen LogP contribution in [0.25, 0.3) is 0 Å². The van der Waals surface area contributed by atoms with E-state index in [9.17, 15) is 9.59 Å². The summed E-state index contributed by atoms with van der Waals surface area (Å²) in [6, 6.07) is 3.22. The average molecular weight is 305 g/mol. The van der Waals surface area contributed by atoms with Crippen LogP contribution in [0.15, 0.2) is 18.3 Å². The fourth-order valence-electron chi connectivity index (χ4n) is 2.44. The lowest BCUT2D eigenvalue weighted by Gasteiger charge is -2.30. The van der Waals surface area contributed by atoms with Crippen LogP contribution in [0, 0.1) is 5.92 Å². The van der Waals surface area contributed by atoms with Crippen LogP contribution in [0.3, 0.4) is 0 Å². The highest BCUT2D eigenvalue weighted by Crippen LogP contribution is 2.18. The molecule has 2 heterocycles. The van der Waals surface area contributed by atoms with Gasteiger partial charge in [-0.15, -0.1) is 0 Å². The minimum atomic E-state index is -0.293. The fraction of sp³-hybridized carbons (Fsp3) is 0.562. The molecule has 2 amide bonds. The predicted molar refractivity (Wildman–Crippen MR) is 82.7 cm³/mol. The Morgan fingerprint density at radius 2 is 2.14 bits per heavy atom. The first kappa shape index (κ1) is 16.4. The van der Waals surface area contributed by atoms with Gasteiger partial charge in [-0.25, -0.2) is 0 Å². The maximum Gasteiger partial charge on any atom is 0.269 e. The molecule has 22 heavy (non-hydrogen) atoms. The number of methoxy groups -OCH3 is 1. The Labute approximate surface area is 130 Å². The summed E-state index contributed by atoms with van der Waals surface area (Å²) >= 11 is 0. The summed E-state index contributed by atoms with van der Waals surface area (Å²) in [5.41, 5.74) is 0.772. The van der Waals surface area contributed by atoms with Crippen molar-refractivity contribution in [2.24, 2.45) is 5.92 Å². The Hall–Kier alpha value is -1.95. The monoisotopic (exact) mass is 305 g/mol. The second-order valence-corrected chi connectivity index (χ2v) is 5.65. The van der Waals surface area contributed by atoms with Crippen molar-refractivity contribution >= 4 is 11.8 Å². The van der Waals surface area contributed by atoms with Crippen molar-refractivity contribution in [2.75, 3.05) is 33.4 Å². The van der Waals surface area contributed by atoms with E-state index in [1.807, 2.05) is 4.90 Å². The molecule has 0 aliphatic carbocycles. The van der Waals surface area contributed by atoms with E-state index in [0.29, 0.717) is 24.6 Å². The number of amides is 2. The molecular weight excluding hydrogens is 282 g/mol. The van der Waals surface area contributed by atoms with Gasteiger partial charge in [0.1, 0.15) is 5.69 Å². The number of likely N-dealkylation sites (tertiary alicyclic amines) is 1. The lowest BCUT2D eigenvalue weighted by atomic mass is 9.98. The second-order valence-electron chi connectivity index (χ2n) is 5.65. The average Bonchev–Trinajstić information content (AvgIpc) is 2.55. The van der Waals surface area contributed by atoms with Crippen LogP contribution in [0.5, 0.6) is 0 Å². The summed E-state index contributed by atoms with van der Waals surface area (Å²) in [4.78, 5) is 30.3. The first-order valence-electron chi connectivity index (χ1n) is 7.64. The van der Waals surface area contributed by atoms with Crippen molar-refractivity contribution in [3.8, 4) is 0 Å². The van der Waals surface area contributed by atoms with Gasteiger partial charge in [0, 0.05) is 38.5 Å². The molecule has 1 N–H and O–H groups in total. The first-order chi connectivity index (χ1) is 10.6. The summed E-state index contributed by atoms with van der Waals surface area (Å²) in [7, 11) is 1.57. The van der Waals surface area contributed by atoms with Gasteiger partial charge >= 0.3 is 0 Å². The number of piperidine rings is 1. The SMILES string of the molecule is COCCNC(=O)c1cc(C(=O)N2CCC(C)CC2)ccn1. The van der Waals surface area contributed by atoms with E-state index in [2.05, 4.69) is 17.2 Å². The second kappa shape index (κ2) is 7.89. The minimum Gasteiger partial charge on any atom is -0.383 e. The molecule has 0 bridgehead atoms. The Morgan fingerprint density at radius 1 is 1.41 bits per heavy atom. The molecule has 1 aromatic rings. The Kier molecular flexibility index (Phi) is 5.89. The minimum absolute atomic E-state index is 0.0276. The molecule has 0 saturated carbocycles. The zero-order valence-corrected chi connectivity index (χ0v) is 13.2. The van der Waals surface area contributed by atoms with Crippen LogP contribution >= 0.6 is 0 Å². The number of rotatable bonds is 5. The van der Waals surface area contributed by atoms with Crippen LogP contribution in [0.4, 0.5) is 0 Å². The zero-order chi connectivity index (χ0) is 15.9. The smallest absolute Gasteiger partial charge is 0.269 e. The number of nitrogens with zero attached hydrogens (tertiary/aromatic N) is 2. The largest absolute Gasteiger partial charge is 0.383 e. The van der Waals surface area contributed by atoms with E-state index < -0.39 is 0 Å². The molecule has 0 spiro atoms. The Balaban J connectivity index is 2.01. The molecule has 0 radical (unpaired) electrons. The first-order valence-corrected chi connectivity index (χ1v) is 7.64. The topological polar surface area (TPSA) is 71.5 Å². The molecule has 1 saturated heterocycles. The molecule has 6 nitrogen and oxygen atoms in total. The third-order valence-corrected chi connectivity index (χ3v) is 3.90. The van der Waals surface area contributed by atoms with Crippen LogP contribution in [0.1, 0.15) is 40.6 Å². The number of carbonyl (C=O) groups excluding carboxylic acids is 2. The Morgan fingerprint density at radius 3 is 2.82 bits per heavy atom. The van der Waals surface area contributed by atoms with E-state index in [4.69, 9.17) is 4.74 Å². The summed E-state index contributed by atoms with van der Waals surface area (Å²) in [6.45, 7) is 4.61. The van der Waals surface area contributed by atoms with Gasteiger partial charge in [-0.05, 0) is 30.9 Å². The van der Waals surface area contributed by atoms with Crippen LogP contribution < -0.4 is 5.32 Å².